The molecule has 2 aliphatic rings. The molecule has 0 unspecified atom stereocenters. The van der Waals surface area contributed by atoms with E-state index in [1.807, 2.05) is 0 Å². The van der Waals surface area contributed by atoms with Crippen LogP contribution in [-0.4, -0.2) is 50.5 Å². The number of hydrogen-bond donors (Lipinski definition) is 0. The molecule has 1 aromatic rings. The largest absolute Gasteiger partial charge is 0.495 e. The molecule has 1 saturated heterocycles. The van der Waals surface area contributed by atoms with E-state index in [0.29, 0.717) is 6.61 Å². The fourth-order valence-corrected chi connectivity index (χ4v) is 3.27. The molecule has 1 aromatic carbocycles. The molecule has 5 heteroatoms. The molecule has 1 fully saturated rings. The summed E-state index contributed by atoms with van der Waals surface area (Å²) >= 11 is 0. The lowest BCUT2D eigenvalue weighted by atomic mass is 9.75. The summed E-state index contributed by atoms with van der Waals surface area (Å²) < 4.78 is 18.0. The third-order valence-corrected chi connectivity index (χ3v) is 5.47. The van der Waals surface area contributed by atoms with E-state index in [1.54, 1.807) is 0 Å². The van der Waals surface area contributed by atoms with Crippen molar-refractivity contribution in [2.24, 2.45) is 0 Å². The quantitative estimate of drug-likeness (QED) is 0.787. The Morgan fingerprint density at radius 3 is 2.32 bits per heavy atom. The van der Waals surface area contributed by atoms with Gasteiger partial charge < -0.3 is 18.9 Å². The van der Waals surface area contributed by atoms with Gasteiger partial charge in [0.05, 0.1) is 24.4 Å². The molecule has 136 valence electrons. The Morgan fingerprint density at radius 2 is 1.76 bits per heavy atom. The monoisotopic (exact) mass is 343 g/mol. The maximum absolute atomic E-state index is 6.28. The van der Waals surface area contributed by atoms with Crippen LogP contribution in [0.5, 0.6) is 0 Å². The molecule has 0 N–H and O–H groups in total. The standard InChI is InChI=1S/C20H30BNO3/c1-19(2)20(3,4)25-21(24-19)18-8-7-16(13-17(18)14-22(5)6)15-9-11-23-12-10-15/h7-9,13H,10-12,14H2,1-6H3. The SMILES string of the molecule is CN(C)Cc1cc(C2=CCOCC2)ccc1B1OC(C)(C)C(C)(C)O1. The molecular formula is C20H30BNO3. The van der Waals surface area contributed by atoms with Gasteiger partial charge in [0.2, 0.25) is 0 Å². The zero-order valence-corrected chi connectivity index (χ0v) is 16.4. The number of nitrogens with zero attached hydrogens (tertiary/aromatic N) is 1. The molecule has 0 aromatic heterocycles. The highest BCUT2D eigenvalue weighted by atomic mass is 16.7. The van der Waals surface area contributed by atoms with Crippen LogP contribution in [0.15, 0.2) is 24.3 Å². The van der Waals surface area contributed by atoms with Crippen LogP contribution in [0.1, 0.15) is 45.2 Å². The van der Waals surface area contributed by atoms with Crippen LogP contribution >= 0.6 is 0 Å². The number of rotatable bonds is 4. The van der Waals surface area contributed by atoms with Gasteiger partial charge in [0, 0.05) is 6.54 Å². The second-order valence-electron chi connectivity index (χ2n) is 8.29. The first-order valence-electron chi connectivity index (χ1n) is 9.10. The first-order valence-corrected chi connectivity index (χ1v) is 9.10. The van der Waals surface area contributed by atoms with Gasteiger partial charge in [-0.2, -0.15) is 0 Å². The predicted octanol–water partition coefficient (Wildman–Crippen LogP) is 2.85. The van der Waals surface area contributed by atoms with Crippen molar-refractivity contribution in [3.8, 4) is 0 Å². The minimum absolute atomic E-state index is 0.322. The van der Waals surface area contributed by atoms with Crippen molar-refractivity contribution < 1.29 is 14.0 Å². The van der Waals surface area contributed by atoms with Crippen LogP contribution < -0.4 is 5.46 Å². The molecule has 0 amide bonds. The first kappa shape index (κ1) is 18.6. The fourth-order valence-electron chi connectivity index (χ4n) is 3.27. The van der Waals surface area contributed by atoms with Crippen molar-refractivity contribution in [2.75, 3.05) is 27.3 Å². The van der Waals surface area contributed by atoms with Crippen molar-refractivity contribution in [2.45, 2.75) is 51.9 Å². The molecule has 0 saturated carbocycles. The summed E-state index contributed by atoms with van der Waals surface area (Å²) in [4.78, 5) is 2.19. The molecule has 0 radical (unpaired) electrons. The topological polar surface area (TPSA) is 30.9 Å². The Hall–Kier alpha value is -1.14. The first-order chi connectivity index (χ1) is 11.7. The molecule has 3 rings (SSSR count). The maximum Gasteiger partial charge on any atom is 0.495 e. The summed E-state index contributed by atoms with van der Waals surface area (Å²) in [5.74, 6) is 0. The Balaban J connectivity index is 1.95. The summed E-state index contributed by atoms with van der Waals surface area (Å²) in [6.07, 6.45) is 3.16. The number of benzene rings is 1. The molecule has 2 heterocycles. The van der Waals surface area contributed by atoms with Gasteiger partial charge in [0.1, 0.15) is 0 Å². The third-order valence-electron chi connectivity index (χ3n) is 5.47. The van der Waals surface area contributed by atoms with E-state index in [4.69, 9.17) is 14.0 Å². The van der Waals surface area contributed by atoms with Gasteiger partial charge in [0.15, 0.2) is 0 Å². The van der Waals surface area contributed by atoms with Gasteiger partial charge in [-0.15, -0.1) is 0 Å². The van der Waals surface area contributed by atoms with E-state index in [2.05, 4.69) is 71.0 Å². The Bertz CT molecular complexity index is 651. The zero-order valence-electron chi connectivity index (χ0n) is 16.4. The zero-order chi connectivity index (χ0) is 18.2. The lowest BCUT2D eigenvalue weighted by molar-refractivity contribution is 0.00578. The second kappa shape index (κ2) is 6.88. The highest BCUT2D eigenvalue weighted by Crippen LogP contribution is 2.37. The number of hydrogen-bond acceptors (Lipinski definition) is 4. The number of ether oxygens (including phenoxy) is 1. The summed E-state index contributed by atoms with van der Waals surface area (Å²) in [7, 11) is 3.86. The predicted molar refractivity (Wildman–Crippen MR) is 103 cm³/mol. The van der Waals surface area contributed by atoms with Crippen molar-refractivity contribution in [1.29, 1.82) is 0 Å². The van der Waals surface area contributed by atoms with Crippen LogP contribution in [0.4, 0.5) is 0 Å². The van der Waals surface area contributed by atoms with Gasteiger partial charge in [-0.1, -0.05) is 24.3 Å². The lowest BCUT2D eigenvalue weighted by Gasteiger charge is -2.32. The average molecular weight is 343 g/mol. The van der Waals surface area contributed by atoms with Crippen molar-refractivity contribution in [1.82, 2.24) is 4.90 Å². The van der Waals surface area contributed by atoms with E-state index in [1.165, 1.54) is 16.7 Å². The van der Waals surface area contributed by atoms with Gasteiger partial charge in [-0.25, -0.2) is 0 Å². The maximum atomic E-state index is 6.28. The van der Waals surface area contributed by atoms with Gasteiger partial charge in [0.25, 0.3) is 0 Å². The van der Waals surface area contributed by atoms with Crippen molar-refractivity contribution in [3.63, 3.8) is 0 Å². The van der Waals surface area contributed by atoms with Crippen molar-refractivity contribution in [3.05, 3.63) is 35.4 Å². The van der Waals surface area contributed by atoms with Crippen LogP contribution in [0.3, 0.4) is 0 Å². The third kappa shape index (κ3) is 3.85. The van der Waals surface area contributed by atoms with E-state index in [0.717, 1.165) is 25.0 Å². The average Bonchev–Trinajstić information content (AvgIpc) is 2.75. The van der Waals surface area contributed by atoms with Crippen LogP contribution in [-0.2, 0) is 20.6 Å². The lowest BCUT2D eigenvalue weighted by Crippen LogP contribution is -2.41. The van der Waals surface area contributed by atoms with E-state index >= 15 is 0 Å². The Morgan fingerprint density at radius 1 is 1.08 bits per heavy atom. The highest BCUT2D eigenvalue weighted by Gasteiger charge is 2.52. The van der Waals surface area contributed by atoms with Crippen LogP contribution in [0, 0.1) is 0 Å². The summed E-state index contributed by atoms with van der Waals surface area (Å²) in [6.45, 7) is 10.8. The van der Waals surface area contributed by atoms with Gasteiger partial charge in [-0.05, 0) is 70.4 Å². The Kier molecular flexibility index (Phi) is 5.13. The minimum atomic E-state index is -0.324. The Labute approximate surface area is 152 Å². The summed E-state index contributed by atoms with van der Waals surface area (Å²) in [5.41, 5.74) is 4.38. The minimum Gasteiger partial charge on any atom is -0.399 e. The van der Waals surface area contributed by atoms with Crippen LogP contribution in [0.25, 0.3) is 5.57 Å². The van der Waals surface area contributed by atoms with Gasteiger partial charge in [-0.3, -0.25) is 0 Å². The fraction of sp³-hybridized carbons (Fsp3) is 0.600. The highest BCUT2D eigenvalue weighted by molar-refractivity contribution is 6.62. The molecule has 0 atom stereocenters. The normalized spacial score (nSPS) is 22.4. The van der Waals surface area contributed by atoms with Crippen LogP contribution in [0.2, 0.25) is 0 Å². The molecule has 0 spiro atoms. The summed E-state index contributed by atoms with van der Waals surface area (Å²) in [6, 6.07) is 6.65. The molecule has 25 heavy (non-hydrogen) atoms. The summed E-state index contributed by atoms with van der Waals surface area (Å²) in [5, 5.41) is 0. The second-order valence-corrected chi connectivity index (χ2v) is 8.29. The van der Waals surface area contributed by atoms with Gasteiger partial charge >= 0.3 is 7.12 Å². The molecule has 2 aliphatic heterocycles. The molecule has 4 nitrogen and oxygen atoms in total. The van der Waals surface area contributed by atoms with E-state index in [9.17, 15) is 0 Å². The molecule has 0 aliphatic carbocycles. The van der Waals surface area contributed by atoms with E-state index in [-0.39, 0.29) is 18.3 Å². The smallest absolute Gasteiger partial charge is 0.399 e. The molecule has 0 bridgehead atoms. The van der Waals surface area contributed by atoms with Crippen molar-refractivity contribution >= 4 is 18.2 Å². The van der Waals surface area contributed by atoms with E-state index < -0.39 is 0 Å². The molecular weight excluding hydrogens is 313 g/mol.